The van der Waals surface area contributed by atoms with Crippen LogP contribution in [0.5, 0.6) is 11.5 Å². The molecule has 2 aromatic carbocycles. The Labute approximate surface area is 214 Å². The Hall–Kier alpha value is -1.90. The van der Waals surface area contributed by atoms with Gasteiger partial charge in [-0.2, -0.15) is 4.58 Å². The maximum absolute atomic E-state index is 5.98. The number of rotatable bonds is 4. The zero-order valence-corrected chi connectivity index (χ0v) is 22.0. The number of para-hydroxylation sites is 1. The number of ether oxygens (including phenoxy) is 4. The molecule has 0 fully saturated rings. The minimum Gasteiger partial charge on any atom is -1.00 e. The molecule has 2 aliphatic rings. The van der Waals surface area contributed by atoms with Gasteiger partial charge in [-0.3, -0.25) is 0 Å². The molecule has 2 aliphatic heterocycles. The number of fused-ring (bicyclic) bond motifs is 2. The first-order chi connectivity index (χ1) is 15.6. The van der Waals surface area contributed by atoms with Crippen molar-refractivity contribution in [2.75, 3.05) is 46.2 Å². The topological polar surface area (TPSA) is 39.9 Å². The van der Waals surface area contributed by atoms with Crippen molar-refractivity contribution in [1.82, 2.24) is 0 Å². The van der Waals surface area contributed by atoms with Crippen LogP contribution < -0.4 is 33.5 Å². The van der Waals surface area contributed by atoms with E-state index in [0.29, 0.717) is 39.6 Å². The third kappa shape index (κ3) is 5.97. The van der Waals surface area contributed by atoms with Crippen LogP contribution in [0.3, 0.4) is 0 Å². The minimum absolute atomic E-state index is 0. The highest BCUT2D eigenvalue weighted by atomic mass is 127. The van der Waals surface area contributed by atoms with Crippen LogP contribution in [0.4, 0.5) is 5.69 Å². The molecular weight excluding hydrogens is 529 g/mol. The van der Waals surface area contributed by atoms with Crippen LogP contribution in [0.2, 0.25) is 0 Å². The summed E-state index contributed by atoms with van der Waals surface area (Å²) in [4.78, 5) is 0. The summed E-state index contributed by atoms with van der Waals surface area (Å²) in [6.45, 7) is 11.0. The quantitative estimate of drug-likeness (QED) is 0.422. The van der Waals surface area contributed by atoms with E-state index in [-0.39, 0.29) is 29.4 Å². The van der Waals surface area contributed by atoms with Gasteiger partial charge in [0.05, 0.1) is 31.8 Å². The van der Waals surface area contributed by atoms with Gasteiger partial charge in [0.1, 0.15) is 19.8 Å². The lowest BCUT2D eigenvalue weighted by atomic mass is 9.81. The lowest BCUT2D eigenvalue weighted by molar-refractivity contribution is -0.437. The first kappa shape index (κ1) is 25.7. The van der Waals surface area contributed by atoms with E-state index >= 15 is 0 Å². The van der Waals surface area contributed by atoms with Gasteiger partial charge in [0.2, 0.25) is 5.69 Å². The molecular formula is C27H34INO4. The van der Waals surface area contributed by atoms with Gasteiger partial charge in [-0.15, -0.1) is 0 Å². The van der Waals surface area contributed by atoms with Gasteiger partial charge in [0, 0.05) is 24.1 Å². The van der Waals surface area contributed by atoms with Crippen molar-refractivity contribution in [3.63, 3.8) is 0 Å². The van der Waals surface area contributed by atoms with Gasteiger partial charge in [-0.1, -0.05) is 31.2 Å². The zero-order valence-electron chi connectivity index (χ0n) is 19.8. The standard InChI is InChI=1S/C27H34NO4.HI/c1-4-13-28-23-8-6-5-7-22(23)27(2,3)26(28)12-10-21-9-11-24-25(20-21)32-19-17-30-15-14-29-16-18-31-24;/h5-12,20H,4,13-19H2,1-3H3;1H/q+1;/p-1. The highest BCUT2D eigenvalue weighted by Crippen LogP contribution is 2.40. The molecule has 33 heavy (non-hydrogen) atoms. The Morgan fingerprint density at radius 3 is 2.24 bits per heavy atom. The van der Waals surface area contributed by atoms with Crippen molar-refractivity contribution in [3.8, 4) is 11.5 Å². The predicted molar refractivity (Wildman–Crippen MR) is 128 cm³/mol. The van der Waals surface area contributed by atoms with Crippen LogP contribution in [-0.2, 0) is 14.9 Å². The largest absolute Gasteiger partial charge is 1.00 e. The Morgan fingerprint density at radius 2 is 1.52 bits per heavy atom. The maximum Gasteiger partial charge on any atom is 0.209 e. The molecule has 0 atom stereocenters. The van der Waals surface area contributed by atoms with E-state index in [0.717, 1.165) is 30.0 Å². The number of hydrogen-bond donors (Lipinski definition) is 0. The highest BCUT2D eigenvalue weighted by Gasteiger charge is 2.43. The molecule has 0 N–H and O–H groups in total. The molecule has 0 saturated heterocycles. The summed E-state index contributed by atoms with van der Waals surface area (Å²) < 4.78 is 25.4. The average Bonchev–Trinajstić information content (AvgIpc) is 3.00. The average molecular weight is 563 g/mol. The second-order valence-corrected chi connectivity index (χ2v) is 8.64. The Kier molecular flexibility index (Phi) is 9.35. The maximum atomic E-state index is 5.98. The number of halogens is 1. The summed E-state index contributed by atoms with van der Waals surface area (Å²) in [7, 11) is 0. The Morgan fingerprint density at radius 1 is 0.848 bits per heavy atom. The second-order valence-electron chi connectivity index (χ2n) is 8.64. The van der Waals surface area contributed by atoms with Crippen LogP contribution in [0.15, 0.2) is 48.5 Å². The fraction of sp³-hybridized carbons (Fsp3) is 0.444. The Bertz CT molecular complexity index is 999. The van der Waals surface area contributed by atoms with Crippen LogP contribution in [0, 0.1) is 0 Å². The molecule has 0 radical (unpaired) electrons. The SMILES string of the molecule is CCC[N+]1=C(C=Cc2ccc3c(c2)OCCOCCOCCO3)C(C)(C)c2ccccc21.[I-]. The summed E-state index contributed by atoms with van der Waals surface area (Å²) in [5.74, 6) is 1.47. The summed E-state index contributed by atoms with van der Waals surface area (Å²) in [5.41, 5.74) is 5.04. The zero-order chi connectivity index (χ0) is 22.4. The molecule has 0 spiro atoms. The van der Waals surface area contributed by atoms with Crippen LogP contribution in [-0.4, -0.2) is 56.5 Å². The molecule has 6 heteroatoms. The van der Waals surface area contributed by atoms with E-state index in [9.17, 15) is 0 Å². The van der Waals surface area contributed by atoms with Crippen LogP contribution >= 0.6 is 0 Å². The summed E-state index contributed by atoms with van der Waals surface area (Å²) >= 11 is 0. The van der Waals surface area contributed by atoms with Gasteiger partial charge in [-0.25, -0.2) is 0 Å². The molecule has 0 unspecified atom stereocenters. The first-order valence-electron chi connectivity index (χ1n) is 11.6. The van der Waals surface area contributed by atoms with Crippen molar-refractivity contribution in [2.24, 2.45) is 0 Å². The first-order valence-corrected chi connectivity index (χ1v) is 11.6. The van der Waals surface area contributed by atoms with Gasteiger partial charge < -0.3 is 42.9 Å². The van der Waals surface area contributed by atoms with Crippen molar-refractivity contribution in [2.45, 2.75) is 32.6 Å². The van der Waals surface area contributed by atoms with E-state index in [1.807, 2.05) is 12.1 Å². The Balaban J connectivity index is 0.00000306. The predicted octanol–water partition coefficient (Wildman–Crippen LogP) is 1.99. The van der Waals surface area contributed by atoms with E-state index < -0.39 is 0 Å². The smallest absolute Gasteiger partial charge is 0.209 e. The molecule has 0 bridgehead atoms. The van der Waals surface area contributed by atoms with E-state index in [2.05, 4.69) is 67.8 Å². The van der Waals surface area contributed by atoms with Crippen molar-refractivity contribution in [1.29, 1.82) is 0 Å². The molecule has 2 aromatic rings. The molecule has 0 amide bonds. The van der Waals surface area contributed by atoms with Gasteiger partial charge >= 0.3 is 0 Å². The molecule has 0 saturated carbocycles. The third-order valence-electron chi connectivity index (χ3n) is 5.99. The molecule has 0 aromatic heterocycles. The van der Waals surface area contributed by atoms with Gasteiger partial charge in [0.25, 0.3) is 0 Å². The summed E-state index contributed by atoms with van der Waals surface area (Å²) in [5, 5.41) is 0. The van der Waals surface area contributed by atoms with Crippen molar-refractivity contribution >= 4 is 17.5 Å². The number of allylic oxidation sites excluding steroid dienone is 1. The van der Waals surface area contributed by atoms with E-state index in [4.69, 9.17) is 18.9 Å². The summed E-state index contributed by atoms with van der Waals surface area (Å²) in [6, 6.07) is 14.8. The van der Waals surface area contributed by atoms with Crippen molar-refractivity contribution < 1.29 is 47.5 Å². The summed E-state index contributed by atoms with van der Waals surface area (Å²) in [6.07, 6.45) is 5.52. The molecule has 0 aliphatic carbocycles. The van der Waals surface area contributed by atoms with Gasteiger partial charge in [0.15, 0.2) is 17.2 Å². The van der Waals surface area contributed by atoms with Gasteiger partial charge in [-0.05, 0) is 37.6 Å². The molecule has 4 rings (SSSR count). The van der Waals surface area contributed by atoms with Crippen LogP contribution in [0.25, 0.3) is 6.08 Å². The van der Waals surface area contributed by atoms with Crippen molar-refractivity contribution in [3.05, 3.63) is 59.7 Å². The molecule has 5 nitrogen and oxygen atoms in total. The van der Waals surface area contributed by atoms with E-state index in [1.165, 1.54) is 17.0 Å². The number of hydrogen-bond acceptors (Lipinski definition) is 4. The normalized spacial score (nSPS) is 18.3. The van der Waals surface area contributed by atoms with E-state index in [1.54, 1.807) is 0 Å². The second kappa shape index (κ2) is 12.0. The lowest BCUT2D eigenvalue weighted by Crippen LogP contribution is -3.00. The minimum atomic E-state index is -0.0459. The monoisotopic (exact) mass is 563 g/mol. The third-order valence-corrected chi connectivity index (χ3v) is 5.99. The lowest BCUT2D eigenvalue weighted by Gasteiger charge is -2.16. The van der Waals surface area contributed by atoms with Crippen LogP contribution in [0.1, 0.15) is 38.3 Å². The molecule has 178 valence electrons. The highest BCUT2D eigenvalue weighted by molar-refractivity contribution is 6.05. The molecule has 2 heterocycles. The fourth-order valence-corrected chi connectivity index (χ4v) is 4.38. The number of nitrogens with zero attached hydrogens (tertiary/aromatic N) is 1. The fourth-order valence-electron chi connectivity index (χ4n) is 4.38. The number of benzene rings is 2.